The van der Waals surface area contributed by atoms with E-state index in [9.17, 15) is 0 Å². The first kappa shape index (κ1) is 16.1. The predicted molar refractivity (Wildman–Crippen MR) is 95.6 cm³/mol. The molecule has 5 heteroatoms. The standard InChI is InChI=1S/C17H19ClN4.CH4/c1-3-11(2)15-7-17-12(6-16(15)18)8-20-22(17)14-9-19-21(10-14)13-4-5-13;/h6-11,13H,3-5H2,1-2H3;1H4. The first-order valence-electron chi connectivity index (χ1n) is 7.89. The molecule has 0 bridgehead atoms. The summed E-state index contributed by atoms with van der Waals surface area (Å²) in [6.45, 7) is 4.39. The Morgan fingerprint density at radius 2 is 2.04 bits per heavy atom. The second kappa shape index (κ2) is 6.00. The van der Waals surface area contributed by atoms with E-state index in [1.165, 1.54) is 18.4 Å². The number of nitrogens with zero attached hydrogens (tertiary/aromatic N) is 4. The van der Waals surface area contributed by atoms with Gasteiger partial charge in [-0.25, -0.2) is 4.68 Å². The molecule has 4 nitrogen and oxygen atoms in total. The lowest BCUT2D eigenvalue weighted by Gasteiger charge is -2.12. The van der Waals surface area contributed by atoms with Crippen molar-refractivity contribution in [2.24, 2.45) is 0 Å². The Balaban J connectivity index is 0.00000156. The van der Waals surface area contributed by atoms with Crippen molar-refractivity contribution in [2.75, 3.05) is 0 Å². The summed E-state index contributed by atoms with van der Waals surface area (Å²) < 4.78 is 4.01. The van der Waals surface area contributed by atoms with E-state index in [4.69, 9.17) is 11.6 Å². The van der Waals surface area contributed by atoms with Crippen LogP contribution in [0.4, 0.5) is 0 Å². The highest BCUT2D eigenvalue weighted by atomic mass is 35.5. The van der Waals surface area contributed by atoms with Gasteiger partial charge in [0.25, 0.3) is 0 Å². The summed E-state index contributed by atoms with van der Waals surface area (Å²) in [6.07, 6.45) is 9.38. The fourth-order valence-electron chi connectivity index (χ4n) is 2.84. The molecular weight excluding hydrogens is 308 g/mol. The third kappa shape index (κ3) is 2.76. The van der Waals surface area contributed by atoms with E-state index in [-0.39, 0.29) is 7.43 Å². The van der Waals surface area contributed by atoms with Gasteiger partial charge in [0.1, 0.15) is 5.69 Å². The lowest BCUT2D eigenvalue weighted by Crippen LogP contribution is -1.98. The molecule has 0 radical (unpaired) electrons. The molecule has 4 rings (SSSR count). The fraction of sp³-hybridized carbons (Fsp3) is 0.444. The van der Waals surface area contributed by atoms with Gasteiger partial charge in [0, 0.05) is 10.4 Å². The summed E-state index contributed by atoms with van der Waals surface area (Å²) in [4.78, 5) is 0. The Labute approximate surface area is 142 Å². The van der Waals surface area contributed by atoms with Crippen molar-refractivity contribution in [2.45, 2.75) is 52.5 Å². The predicted octanol–water partition coefficient (Wildman–Crippen LogP) is 5.36. The second-order valence-electron chi connectivity index (χ2n) is 6.21. The molecule has 0 aliphatic heterocycles. The smallest absolute Gasteiger partial charge is 0.103 e. The summed E-state index contributed by atoms with van der Waals surface area (Å²) in [5.41, 5.74) is 3.29. The Morgan fingerprint density at radius 1 is 1.26 bits per heavy atom. The van der Waals surface area contributed by atoms with Gasteiger partial charge in [0.15, 0.2) is 0 Å². The number of aromatic nitrogens is 4. The molecule has 2 aromatic heterocycles. The van der Waals surface area contributed by atoms with Gasteiger partial charge in [0.2, 0.25) is 0 Å². The van der Waals surface area contributed by atoms with Crippen LogP contribution in [0, 0.1) is 0 Å². The zero-order valence-electron chi connectivity index (χ0n) is 12.8. The molecule has 2 heterocycles. The van der Waals surface area contributed by atoms with E-state index in [1.807, 2.05) is 27.8 Å². The average molecular weight is 331 g/mol. The molecule has 23 heavy (non-hydrogen) atoms. The Morgan fingerprint density at radius 3 is 2.74 bits per heavy atom. The van der Waals surface area contributed by atoms with E-state index in [2.05, 4.69) is 36.3 Å². The number of fused-ring (bicyclic) bond motifs is 1. The van der Waals surface area contributed by atoms with Crippen LogP contribution >= 0.6 is 11.6 Å². The van der Waals surface area contributed by atoms with Gasteiger partial charge in [-0.2, -0.15) is 10.2 Å². The molecule has 1 aromatic carbocycles. The lowest BCUT2D eigenvalue weighted by atomic mass is 9.97. The maximum absolute atomic E-state index is 6.43. The summed E-state index contributed by atoms with van der Waals surface area (Å²) in [5.74, 6) is 0.439. The van der Waals surface area contributed by atoms with Crippen LogP contribution in [-0.4, -0.2) is 19.6 Å². The van der Waals surface area contributed by atoms with Crippen molar-refractivity contribution >= 4 is 22.5 Å². The number of rotatable bonds is 4. The number of hydrogen-bond acceptors (Lipinski definition) is 2. The largest absolute Gasteiger partial charge is 0.267 e. The molecule has 1 saturated carbocycles. The van der Waals surface area contributed by atoms with Crippen molar-refractivity contribution in [1.82, 2.24) is 19.6 Å². The molecule has 1 atom stereocenters. The molecule has 122 valence electrons. The third-order valence-corrected chi connectivity index (χ3v) is 4.91. The van der Waals surface area contributed by atoms with Gasteiger partial charge in [-0.15, -0.1) is 0 Å². The Kier molecular flexibility index (Phi) is 4.19. The molecule has 3 aromatic rings. The quantitative estimate of drug-likeness (QED) is 0.645. The van der Waals surface area contributed by atoms with Gasteiger partial charge in [-0.05, 0) is 42.9 Å². The third-order valence-electron chi connectivity index (χ3n) is 4.58. The first-order valence-corrected chi connectivity index (χ1v) is 8.27. The van der Waals surface area contributed by atoms with Crippen LogP contribution in [0.3, 0.4) is 0 Å². The molecule has 1 aliphatic carbocycles. The van der Waals surface area contributed by atoms with E-state index < -0.39 is 0 Å². The number of benzene rings is 1. The second-order valence-corrected chi connectivity index (χ2v) is 6.62. The molecule has 1 fully saturated rings. The Hall–Kier alpha value is -1.81. The number of hydrogen-bond donors (Lipinski definition) is 0. The molecule has 1 aliphatic rings. The van der Waals surface area contributed by atoms with Crippen LogP contribution in [0.5, 0.6) is 0 Å². The minimum atomic E-state index is 0. The van der Waals surface area contributed by atoms with E-state index >= 15 is 0 Å². The van der Waals surface area contributed by atoms with Crippen LogP contribution < -0.4 is 0 Å². The summed E-state index contributed by atoms with van der Waals surface area (Å²) in [5, 5.41) is 10.9. The van der Waals surface area contributed by atoms with Crippen molar-refractivity contribution in [3.8, 4) is 5.69 Å². The lowest BCUT2D eigenvalue weighted by molar-refractivity contribution is 0.641. The van der Waals surface area contributed by atoms with Gasteiger partial charge >= 0.3 is 0 Å². The highest BCUT2D eigenvalue weighted by Gasteiger charge is 2.24. The van der Waals surface area contributed by atoms with Gasteiger partial charge in [0.05, 0.1) is 30.1 Å². The normalized spacial score (nSPS) is 15.6. The molecule has 0 amide bonds. The summed E-state index contributed by atoms with van der Waals surface area (Å²) in [6, 6.07) is 4.78. The fourth-order valence-corrected chi connectivity index (χ4v) is 3.20. The SMILES string of the molecule is C.CCC(C)c1cc2c(cnn2-c2cnn(C3CC3)c2)cc1Cl. The van der Waals surface area contributed by atoms with E-state index in [1.54, 1.807) is 0 Å². The van der Waals surface area contributed by atoms with Crippen molar-refractivity contribution in [1.29, 1.82) is 0 Å². The van der Waals surface area contributed by atoms with E-state index in [0.29, 0.717) is 12.0 Å². The van der Waals surface area contributed by atoms with Crippen molar-refractivity contribution < 1.29 is 0 Å². The first-order chi connectivity index (χ1) is 10.7. The summed E-state index contributed by atoms with van der Waals surface area (Å²) in [7, 11) is 0. The molecular formula is C18H23ClN4. The molecule has 1 unspecified atom stereocenters. The maximum atomic E-state index is 6.43. The van der Waals surface area contributed by atoms with Crippen LogP contribution in [0.25, 0.3) is 16.6 Å². The minimum absolute atomic E-state index is 0. The van der Waals surface area contributed by atoms with Gasteiger partial charge in [-0.3, -0.25) is 4.68 Å². The van der Waals surface area contributed by atoms with E-state index in [0.717, 1.165) is 28.0 Å². The van der Waals surface area contributed by atoms with Crippen LogP contribution in [0.2, 0.25) is 5.02 Å². The zero-order chi connectivity index (χ0) is 15.3. The van der Waals surface area contributed by atoms with Crippen molar-refractivity contribution in [3.05, 3.63) is 41.3 Å². The van der Waals surface area contributed by atoms with Crippen LogP contribution in [0.1, 0.15) is 58.1 Å². The highest BCUT2D eigenvalue weighted by molar-refractivity contribution is 6.32. The molecule has 0 spiro atoms. The minimum Gasteiger partial charge on any atom is -0.267 e. The maximum Gasteiger partial charge on any atom is 0.103 e. The highest BCUT2D eigenvalue weighted by Crippen LogP contribution is 2.35. The summed E-state index contributed by atoms with van der Waals surface area (Å²) >= 11 is 6.43. The Bertz CT molecular complexity index is 829. The monoisotopic (exact) mass is 330 g/mol. The van der Waals surface area contributed by atoms with Gasteiger partial charge in [-0.1, -0.05) is 32.9 Å². The zero-order valence-corrected chi connectivity index (χ0v) is 13.6. The van der Waals surface area contributed by atoms with Gasteiger partial charge < -0.3 is 0 Å². The topological polar surface area (TPSA) is 35.6 Å². The average Bonchev–Trinajstić information content (AvgIpc) is 3.11. The molecule has 0 saturated heterocycles. The van der Waals surface area contributed by atoms with Crippen LogP contribution in [0.15, 0.2) is 30.7 Å². The number of halogens is 1. The molecule has 0 N–H and O–H groups in total. The van der Waals surface area contributed by atoms with Crippen LogP contribution in [-0.2, 0) is 0 Å². The van der Waals surface area contributed by atoms with Crippen molar-refractivity contribution in [3.63, 3.8) is 0 Å².